The summed E-state index contributed by atoms with van der Waals surface area (Å²) >= 11 is 8.01. The second-order valence-electron chi connectivity index (χ2n) is 4.09. The quantitative estimate of drug-likeness (QED) is 0.624. The molecule has 19 heavy (non-hydrogen) atoms. The Kier molecular flexibility index (Phi) is 4.66. The Morgan fingerprint density at radius 2 is 2.05 bits per heavy atom. The van der Waals surface area contributed by atoms with Crippen LogP contribution in [-0.4, -0.2) is 5.91 Å². The summed E-state index contributed by atoms with van der Waals surface area (Å²) < 4.78 is 0.908. The van der Waals surface area contributed by atoms with Gasteiger partial charge in [0, 0.05) is 14.3 Å². The van der Waals surface area contributed by atoms with Gasteiger partial charge in [0.1, 0.15) is 0 Å². The van der Waals surface area contributed by atoms with Crippen LogP contribution in [0, 0.1) is 3.57 Å². The molecule has 3 nitrogen and oxygen atoms in total. The predicted octanol–water partition coefficient (Wildman–Crippen LogP) is 3.71. The fourth-order valence-corrected chi connectivity index (χ4v) is 2.68. The van der Waals surface area contributed by atoms with Gasteiger partial charge in [0.15, 0.2) is 0 Å². The number of carbonyl (C=O) groups excluding carboxylic acids is 1. The molecule has 0 aromatic heterocycles. The van der Waals surface area contributed by atoms with E-state index in [1.165, 1.54) is 0 Å². The van der Waals surface area contributed by atoms with Crippen molar-refractivity contribution in [1.29, 1.82) is 0 Å². The highest BCUT2D eigenvalue weighted by Gasteiger charge is 2.07. The lowest BCUT2D eigenvalue weighted by molar-refractivity contribution is -0.115. The second kappa shape index (κ2) is 6.25. The first-order chi connectivity index (χ1) is 9.04. The number of halogens is 2. The number of benzene rings is 2. The van der Waals surface area contributed by atoms with Crippen LogP contribution in [0.2, 0.25) is 5.02 Å². The minimum atomic E-state index is -0.0779. The molecule has 0 aliphatic carbocycles. The number of rotatable bonds is 3. The lowest BCUT2D eigenvalue weighted by atomic mass is 10.1. The second-order valence-corrected chi connectivity index (χ2v) is 5.69. The van der Waals surface area contributed by atoms with E-state index in [2.05, 4.69) is 27.9 Å². The van der Waals surface area contributed by atoms with Gasteiger partial charge in [-0.2, -0.15) is 0 Å². The van der Waals surface area contributed by atoms with Gasteiger partial charge in [-0.05, 0) is 58.5 Å². The molecule has 0 radical (unpaired) electrons. The predicted molar refractivity (Wildman–Crippen MR) is 87.4 cm³/mol. The maximum absolute atomic E-state index is 11.9. The normalized spacial score (nSPS) is 10.2. The number of carbonyl (C=O) groups is 1. The molecule has 0 aliphatic rings. The number of hydrogen-bond acceptors (Lipinski definition) is 2. The van der Waals surface area contributed by atoms with E-state index in [4.69, 9.17) is 17.3 Å². The number of hydrogen-bond donors (Lipinski definition) is 2. The Hall–Kier alpha value is -1.27. The fraction of sp³-hybridized carbons (Fsp3) is 0.0714. The Bertz CT molecular complexity index is 616. The van der Waals surface area contributed by atoms with Crippen LogP contribution in [0.3, 0.4) is 0 Å². The zero-order valence-corrected chi connectivity index (χ0v) is 12.9. The van der Waals surface area contributed by atoms with Gasteiger partial charge in [-0.3, -0.25) is 4.79 Å². The lowest BCUT2D eigenvalue weighted by Crippen LogP contribution is -2.15. The van der Waals surface area contributed by atoms with E-state index in [0.29, 0.717) is 17.1 Å². The van der Waals surface area contributed by atoms with Crippen molar-refractivity contribution in [2.45, 2.75) is 6.42 Å². The van der Waals surface area contributed by atoms with E-state index in [1.54, 1.807) is 30.3 Å². The van der Waals surface area contributed by atoms with Gasteiger partial charge in [-0.1, -0.05) is 23.7 Å². The van der Waals surface area contributed by atoms with Crippen molar-refractivity contribution in [1.82, 2.24) is 0 Å². The molecule has 2 aromatic carbocycles. The molecular formula is C14H12ClIN2O. The highest BCUT2D eigenvalue weighted by atomic mass is 127. The molecule has 2 aromatic rings. The van der Waals surface area contributed by atoms with E-state index in [9.17, 15) is 4.79 Å². The van der Waals surface area contributed by atoms with Crippen molar-refractivity contribution in [2.24, 2.45) is 0 Å². The lowest BCUT2D eigenvalue weighted by Gasteiger charge is -2.08. The molecule has 1 amide bonds. The third-order valence-electron chi connectivity index (χ3n) is 2.52. The van der Waals surface area contributed by atoms with Gasteiger partial charge >= 0.3 is 0 Å². The third kappa shape index (κ3) is 4.11. The van der Waals surface area contributed by atoms with Crippen molar-refractivity contribution < 1.29 is 4.79 Å². The van der Waals surface area contributed by atoms with Gasteiger partial charge in [-0.15, -0.1) is 0 Å². The van der Waals surface area contributed by atoms with E-state index in [-0.39, 0.29) is 5.91 Å². The van der Waals surface area contributed by atoms with Gasteiger partial charge in [0.25, 0.3) is 0 Å². The molecule has 0 spiro atoms. The van der Waals surface area contributed by atoms with Crippen LogP contribution in [0.25, 0.3) is 0 Å². The van der Waals surface area contributed by atoms with Crippen LogP contribution in [0.5, 0.6) is 0 Å². The summed E-state index contributed by atoms with van der Waals surface area (Å²) in [5, 5.41) is 3.51. The molecule has 0 bridgehead atoms. The number of nitrogen functional groups attached to an aromatic ring is 1. The fourth-order valence-electron chi connectivity index (χ4n) is 1.67. The topological polar surface area (TPSA) is 55.1 Å². The Morgan fingerprint density at radius 3 is 2.74 bits per heavy atom. The zero-order chi connectivity index (χ0) is 13.8. The summed E-state index contributed by atoms with van der Waals surface area (Å²) in [6, 6.07) is 12.7. The maximum Gasteiger partial charge on any atom is 0.228 e. The average molecular weight is 387 g/mol. The Morgan fingerprint density at radius 1 is 1.26 bits per heavy atom. The van der Waals surface area contributed by atoms with Crippen molar-refractivity contribution in [3.63, 3.8) is 0 Å². The van der Waals surface area contributed by atoms with Gasteiger partial charge in [0.2, 0.25) is 5.91 Å². The largest absolute Gasteiger partial charge is 0.399 e. The summed E-state index contributed by atoms with van der Waals surface area (Å²) in [4.78, 5) is 11.9. The van der Waals surface area contributed by atoms with Crippen molar-refractivity contribution in [3.8, 4) is 0 Å². The summed E-state index contributed by atoms with van der Waals surface area (Å²) in [6.45, 7) is 0. The number of amides is 1. The van der Waals surface area contributed by atoms with Gasteiger partial charge in [-0.25, -0.2) is 0 Å². The summed E-state index contributed by atoms with van der Waals surface area (Å²) in [5.41, 5.74) is 7.99. The molecule has 98 valence electrons. The molecule has 0 atom stereocenters. The van der Waals surface area contributed by atoms with Gasteiger partial charge in [0.05, 0.1) is 12.1 Å². The summed E-state index contributed by atoms with van der Waals surface area (Å²) in [6.07, 6.45) is 0.295. The number of anilines is 2. The van der Waals surface area contributed by atoms with Gasteiger partial charge < -0.3 is 11.1 Å². The highest BCUT2D eigenvalue weighted by Crippen LogP contribution is 2.22. The van der Waals surface area contributed by atoms with Crippen LogP contribution in [0.15, 0.2) is 42.5 Å². The SMILES string of the molecule is Nc1cccc(CC(=O)Nc2ccc(Cl)cc2I)c1. The van der Waals surface area contributed by atoms with E-state index in [1.807, 2.05) is 12.1 Å². The van der Waals surface area contributed by atoms with E-state index in [0.717, 1.165) is 14.8 Å². The third-order valence-corrected chi connectivity index (χ3v) is 3.65. The van der Waals surface area contributed by atoms with Crippen LogP contribution < -0.4 is 11.1 Å². The minimum Gasteiger partial charge on any atom is -0.399 e. The van der Waals surface area contributed by atoms with Crippen molar-refractivity contribution in [3.05, 3.63) is 56.6 Å². The van der Waals surface area contributed by atoms with Crippen LogP contribution in [0.4, 0.5) is 11.4 Å². The molecular weight excluding hydrogens is 375 g/mol. The first-order valence-corrected chi connectivity index (χ1v) is 7.09. The monoisotopic (exact) mass is 386 g/mol. The van der Waals surface area contributed by atoms with Crippen LogP contribution in [-0.2, 0) is 11.2 Å². The molecule has 0 saturated carbocycles. The smallest absolute Gasteiger partial charge is 0.228 e. The molecule has 3 N–H and O–H groups in total. The Labute approximate surface area is 130 Å². The average Bonchev–Trinajstić information content (AvgIpc) is 2.33. The van der Waals surface area contributed by atoms with Crippen LogP contribution >= 0.6 is 34.2 Å². The first kappa shape index (κ1) is 14.1. The zero-order valence-electron chi connectivity index (χ0n) is 9.99. The summed E-state index contributed by atoms with van der Waals surface area (Å²) in [7, 11) is 0. The van der Waals surface area contributed by atoms with E-state index >= 15 is 0 Å². The Balaban J connectivity index is 2.05. The van der Waals surface area contributed by atoms with E-state index < -0.39 is 0 Å². The summed E-state index contributed by atoms with van der Waals surface area (Å²) in [5.74, 6) is -0.0779. The molecule has 0 unspecified atom stereocenters. The number of nitrogens with one attached hydrogen (secondary N) is 1. The first-order valence-electron chi connectivity index (χ1n) is 5.64. The maximum atomic E-state index is 11.9. The number of nitrogens with two attached hydrogens (primary N) is 1. The standard InChI is InChI=1S/C14H12ClIN2O/c15-10-4-5-13(12(16)8-10)18-14(19)7-9-2-1-3-11(17)6-9/h1-6,8H,7,17H2,(H,18,19). The highest BCUT2D eigenvalue weighted by molar-refractivity contribution is 14.1. The molecule has 0 fully saturated rings. The molecule has 0 aliphatic heterocycles. The molecule has 5 heteroatoms. The molecule has 0 saturated heterocycles. The van der Waals surface area contributed by atoms with Crippen molar-refractivity contribution in [2.75, 3.05) is 11.1 Å². The molecule has 2 rings (SSSR count). The van der Waals surface area contributed by atoms with Crippen molar-refractivity contribution >= 4 is 51.5 Å². The molecule has 0 heterocycles. The minimum absolute atomic E-state index is 0.0779. The van der Waals surface area contributed by atoms with Crippen LogP contribution in [0.1, 0.15) is 5.56 Å².